The average Bonchev–Trinajstić information content (AvgIpc) is 1.80. The van der Waals surface area contributed by atoms with E-state index in [1.165, 1.54) is 0 Å². The quantitative estimate of drug-likeness (QED) is 0.569. The molecular formula is C4Cl5F3. The van der Waals surface area contributed by atoms with Gasteiger partial charge in [0.05, 0.1) is 5.03 Å². The molecule has 0 bridgehead atoms. The fraction of sp³-hybridized carbons (Fsp3) is 0.500. The smallest absolute Gasteiger partial charge is 0.165 e. The largest absolute Gasteiger partial charge is 0.428 e. The summed E-state index contributed by atoms with van der Waals surface area (Å²) < 4.78 is 33.0. The first-order chi connectivity index (χ1) is 5.07. The second kappa shape index (κ2) is 4.01. The second-order valence-corrected chi connectivity index (χ2v) is 4.66. The maximum atomic E-state index is 11.8. The molecule has 0 aliphatic rings. The van der Waals surface area contributed by atoms with Crippen LogP contribution in [-0.2, 0) is 0 Å². The number of rotatable bonds is 0. The molecule has 0 spiro atoms. The van der Waals surface area contributed by atoms with Crippen LogP contribution in [0.2, 0.25) is 0 Å². The lowest BCUT2D eigenvalue weighted by Crippen LogP contribution is -2.14. The van der Waals surface area contributed by atoms with Gasteiger partial charge in [0.1, 0.15) is 5.03 Å². The van der Waals surface area contributed by atoms with Crippen molar-refractivity contribution in [3.05, 3.63) is 10.1 Å². The van der Waals surface area contributed by atoms with Crippen molar-refractivity contribution in [3.63, 3.8) is 0 Å². The van der Waals surface area contributed by atoms with Gasteiger partial charge in [-0.3, -0.25) is 0 Å². The summed E-state index contributed by atoms with van der Waals surface area (Å²) in [6.45, 7) is 0. The summed E-state index contributed by atoms with van der Waals surface area (Å²) in [5.74, 6) is 0. The van der Waals surface area contributed by atoms with Gasteiger partial charge in [-0.15, -0.1) is 0 Å². The summed E-state index contributed by atoms with van der Waals surface area (Å²) in [5.41, 5.74) is 0. The number of halogens is 8. The predicted octanol–water partition coefficient (Wildman–Crippen LogP) is 4.61. The van der Waals surface area contributed by atoms with Gasteiger partial charge >= 0.3 is 6.18 Å². The molecule has 72 valence electrons. The molecule has 0 amide bonds. The normalized spacial score (nSPS) is 16.0. The van der Waals surface area contributed by atoms with Crippen molar-refractivity contribution >= 4 is 58.0 Å². The molecule has 0 heterocycles. The van der Waals surface area contributed by atoms with Crippen molar-refractivity contribution in [3.8, 4) is 0 Å². The molecule has 0 aromatic carbocycles. The molecule has 0 radical (unpaired) electrons. The highest BCUT2D eigenvalue weighted by atomic mass is 35.6. The van der Waals surface area contributed by atoms with Crippen molar-refractivity contribution in [2.75, 3.05) is 0 Å². The lowest BCUT2D eigenvalue weighted by Gasteiger charge is -2.13. The van der Waals surface area contributed by atoms with Gasteiger partial charge in [0.15, 0.2) is 0 Å². The Hall–Kier alpha value is 0.980. The minimum atomic E-state index is -4.80. The SMILES string of the molecule is FC(F)(F)C(Cl)=C(Cl)C(Cl)(Cl)Cl. The van der Waals surface area contributed by atoms with Gasteiger partial charge in [0, 0.05) is 0 Å². The number of hydrogen-bond donors (Lipinski definition) is 0. The minimum absolute atomic E-state index is 1.07. The highest BCUT2D eigenvalue weighted by Gasteiger charge is 2.40. The van der Waals surface area contributed by atoms with Gasteiger partial charge < -0.3 is 0 Å². The first-order valence-corrected chi connectivity index (χ1v) is 4.15. The molecule has 0 nitrogen and oxygen atoms in total. The standard InChI is InChI=1S/C4Cl5F3/c5-1(3(7,8)9)2(6)4(10,11)12. The Morgan fingerprint density at radius 3 is 1.25 bits per heavy atom. The van der Waals surface area contributed by atoms with Crippen LogP contribution >= 0.6 is 58.0 Å². The van der Waals surface area contributed by atoms with Crippen molar-refractivity contribution in [2.24, 2.45) is 0 Å². The van der Waals surface area contributed by atoms with Crippen molar-refractivity contribution in [2.45, 2.75) is 9.97 Å². The van der Waals surface area contributed by atoms with Crippen molar-refractivity contribution in [1.82, 2.24) is 0 Å². The van der Waals surface area contributed by atoms with Gasteiger partial charge in [-0.25, -0.2) is 0 Å². The fourth-order valence-electron chi connectivity index (χ4n) is 0.249. The molecule has 0 saturated carbocycles. The summed E-state index contributed by atoms with van der Waals surface area (Å²) >= 11 is 24.9. The first kappa shape index (κ1) is 13.0. The number of alkyl halides is 6. The van der Waals surface area contributed by atoms with Crippen LogP contribution in [0.5, 0.6) is 0 Å². The Morgan fingerprint density at radius 2 is 1.17 bits per heavy atom. The first-order valence-electron chi connectivity index (χ1n) is 2.26. The molecule has 0 saturated heterocycles. The Kier molecular flexibility index (Phi) is 4.34. The third kappa shape index (κ3) is 3.79. The number of hydrogen-bond acceptors (Lipinski definition) is 0. The summed E-state index contributed by atoms with van der Waals surface area (Å²) in [4.78, 5) is 0. The maximum Gasteiger partial charge on any atom is 0.428 e. The lowest BCUT2D eigenvalue weighted by atomic mass is 10.5. The number of allylic oxidation sites excluding steroid dienone is 2. The van der Waals surface area contributed by atoms with Crippen LogP contribution in [0, 0.1) is 0 Å². The molecular weight excluding hydrogens is 282 g/mol. The molecule has 0 aliphatic heterocycles. The molecule has 0 unspecified atom stereocenters. The van der Waals surface area contributed by atoms with E-state index in [2.05, 4.69) is 0 Å². The molecule has 0 aliphatic carbocycles. The van der Waals surface area contributed by atoms with Crippen molar-refractivity contribution in [1.29, 1.82) is 0 Å². The molecule has 0 atom stereocenters. The van der Waals surface area contributed by atoms with E-state index in [0.29, 0.717) is 0 Å². The van der Waals surface area contributed by atoms with E-state index in [1.54, 1.807) is 0 Å². The summed E-state index contributed by atoms with van der Waals surface area (Å²) in [6, 6.07) is 0. The summed E-state index contributed by atoms with van der Waals surface area (Å²) in [5, 5.41) is -2.70. The molecule has 8 heteroatoms. The second-order valence-electron chi connectivity index (χ2n) is 1.62. The summed E-state index contributed by atoms with van der Waals surface area (Å²) in [6.07, 6.45) is -4.80. The third-order valence-electron chi connectivity index (χ3n) is 0.690. The zero-order valence-electron chi connectivity index (χ0n) is 5.02. The van der Waals surface area contributed by atoms with Crippen LogP contribution in [0.15, 0.2) is 10.1 Å². The predicted molar refractivity (Wildman–Crippen MR) is 45.1 cm³/mol. The molecule has 0 aromatic rings. The van der Waals surface area contributed by atoms with E-state index < -0.39 is 20.0 Å². The van der Waals surface area contributed by atoms with E-state index in [9.17, 15) is 13.2 Å². The van der Waals surface area contributed by atoms with Gasteiger partial charge in [-0.2, -0.15) is 13.2 Å². The van der Waals surface area contributed by atoms with Crippen LogP contribution in [0.1, 0.15) is 0 Å². The minimum Gasteiger partial charge on any atom is -0.165 e. The van der Waals surface area contributed by atoms with Crippen LogP contribution in [-0.4, -0.2) is 9.97 Å². The maximum absolute atomic E-state index is 11.8. The van der Waals surface area contributed by atoms with Gasteiger partial charge in [-0.1, -0.05) is 58.0 Å². The molecule has 0 fully saturated rings. The molecule has 12 heavy (non-hydrogen) atoms. The monoisotopic (exact) mass is 280 g/mol. The Balaban J connectivity index is 4.96. The average molecular weight is 282 g/mol. The van der Waals surface area contributed by atoms with E-state index in [4.69, 9.17) is 58.0 Å². The molecule has 0 aromatic heterocycles. The highest BCUT2D eigenvalue weighted by Crippen LogP contribution is 2.44. The van der Waals surface area contributed by atoms with Gasteiger partial charge in [0.25, 0.3) is 0 Å². The van der Waals surface area contributed by atoms with Gasteiger partial charge in [0.2, 0.25) is 3.79 Å². The van der Waals surface area contributed by atoms with Crippen LogP contribution < -0.4 is 0 Å². The fourth-order valence-corrected chi connectivity index (χ4v) is 0.926. The van der Waals surface area contributed by atoms with Crippen LogP contribution in [0.4, 0.5) is 13.2 Å². The van der Waals surface area contributed by atoms with E-state index in [-0.39, 0.29) is 0 Å². The van der Waals surface area contributed by atoms with E-state index >= 15 is 0 Å². The molecule has 0 rings (SSSR count). The zero-order valence-corrected chi connectivity index (χ0v) is 8.80. The lowest BCUT2D eigenvalue weighted by molar-refractivity contribution is -0.0849. The molecule has 0 N–H and O–H groups in total. The Labute approximate surface area is 91.2 Å². The van der Waals surface area contributed by atoms with E-state index in [0.717, 1.165) is 0 Å². The Morgan fingerprint density at radius 1 is 0.833 bits per heavy atom. The van der Waals surface area contributed by atoms with E-state index in [1.807, 2.05) is 0 Å². The van der Waals surface area contributed by atoms with Gasteiger partial charge in [-0.05, 0) is 0 Å². The topological polar surface area (TPSA) is 0 Å². The van der Waals surface area contributed by atoms with Crippen LogP contribution in [0.25, 0.3) is 0 Å². The van der Waals surface area contributed by atoms with Crippen LogP contribution in [0.3, 0.4) is 0 Å². The highest BCUT2D eigenvalue weighted by molar-refractivity contribution is 6.73. The van der Waals surface area contributed by atoms with Crippen molar-refractivity contribution < 1.29 is 13.2 Å². The Bertz CT molecular complexity index is 178. The third-order valence-corrected chi connectivity index (χ3v) is 2.52. The zero-order chi connectivity index (χ0) is 10.2. The summed E-state index contributed by atoms with van der Waals surface area (Å²) in [7, 11) is 0.